The average molecular weight is 470 g/mol. The van der Waals surface area contributed by atoms with E-state index in [-0.39, 0.29) is 39.1 Å². The minimum absolute atomic E-state index is 0.0170. The van der Waals surface area contributed by atoms with Crippen molar-refractivity contribution in [3.8, 4) is 0 Å². The van der Waals surface area contributed by atoms with Crippen molar-refractivity contribution < 1.29 is 15.0 Å². The highest BCUT2D eigenvalue weighted by atomic mass is 16.4. The molecule has 5 rings (SSSR count). The van der Waals surface area contributed by atoms with Gasteiger partial charge in [-0.3, -0.25) is 0 Å². The molecule has 10 atom stereocenters. The molecule has 4 fully saturated rings. The van der Waals surface area contributed by atoms with Crippen LogP contribution in [0.3, 0.4) is 0 Å². The Kier molecular flexibility index (Phi) is 5.22. The Morgan fingerprint density at radius 2 is 1.59 bits per heavy atom. The molecule has 0 aromatic rings. The van der Waals surface area contributed by atoms with Crippen LogP contribution in [0.4, 0.5) is 0 Å². The number of fused-ring (bicyclic) bond motifs is 7. The highest BCUT2D eigenvalue weighted by Gasteiger charge is 2.73. The number of aliphatic hydroxyl groups excluding tert-OH is 1. The maximum Gasteiger partial charge on any atom is 0.0594 e. The molecule has 3 nitrogen and oxygen atoms in total. The number of carboxylic acid groups (broad SMARTS) is 1. The van der Waals surface area contributed by atoms with Gasteiger partial charge in [0.1, 0.15) is 0 Å². The van der Waals surface area contributed by atoms with E-state index in [1.807, 2.05) is 0 Å². The van der Waals surface area contributed by atoms with Crippen LogP contribution in [0, 0.1) is 56.2 Å². The van der Waals surface area contributed by atoms with Crippen LogP contribution in [0.1, 0.15) is 113 Å². The number of aliphatic carboxylic acids is 1. The van der Waals surface area contributed by atoms with Crippen molar-refractivity contribution in [3.63, 3.8) is 0 Å². The van der Waals surface area contributed by atoms with E-state index in [2.05, 4.69) is 61.5 Å². The number of allylic oxidation sites excluding steroid dienone is 2. The van der Waals surface area contributed by atoms with Crippen molar-refractivity contribution >= 4 is 5.97 Å². The highest BCUT2D eigenvalue weighted by Crippen LogP contribution is 2.79. The summed E-state index contributed by atoms with van der Waals surface area (Å²) in [6.07, 6.45) is 11.2. The average Bonchev–Trinajstić information content (AvgIpc) is 2.76. The Hall–Kier alpha value is -0.830. The molecule has 5 aliphatic carbocycles. The summed E-state index contributed by atoms with van der Waals surface area (Å²) in [7, 11) is 0. The monoisotopic (exact) mass is 469 g/mol. The van der Waals surface area contributed by atoms with Crippen LogP contribution in [-0.4, -0.2) is 17.2 Å². The minimum atomic E-state index is -0.795. The van der Waals surface area contributed by atoms with Crippen molar-refractivity contribution in [1.82, 2.24) is 0 Å². The van der Waals surface area contributed by atoms with Gasteiger partial charge in [-0.25, -0.2) is 0 Å². The normalized spacial score (nSPS) is 56.3. The predicted molar refractivity (Wildman–Crippen MR) is 135 cm³/mol. The van der Waals surface area contributed by atoms with E-state index in [1.165, 1.54) is 12.0 Å². The summed E-state index contributed by atoms with van der Waals surface area (Å²) in [5.41, 5.74) is 1.16. The largest absolute Gasteiger partial charge is 0.550 e. The lowest BCUT2D eigenvalue weighted by atomic mass is 9.29. The molecule has 0 radical (unpaired) electrons. The smallest absolute Gasteiger partial charge is 0.0594 e. The molecule has 0 amide bonds. The van der Waals surface area contributed by atoms with Gasteiger partial charge in [-0.15, -0.1) is 0 Å². The number of hydrogen-bond acceptors (Lipinski definition) is 3. The Bertz CT molecular complexity index is 920. The lowest BCUT2D eigenvalue weighted by Gasteiger charge is -2.76. The Morgan fingerprint density at radius 1 is 0.912 bits per heavy atom. The first-order chi connectivity index (χ1) is 15.6. The van der Waals surface area contributed by atoms with E-state index in [0.29, 0.717) is 17.8 Å². The van der Waals surface area contributed by atoms with Crippen molar-refractivity contribution in [1.29, 1.82) is 0 Å². The molecule has 0 bridgehead atoms. The zero-order valence-corrected chi connectivity index (χ0v) is 23.1. The summed E-state index contributed by atoms with van der Waals surface area (Å²) in [4.78, 5) is 12.7. The quantitative estimate of drug-likeness (QED) is 0.469. The van der Waals surface area contributed by atoms with Crippen LogP contribution in [0.5, 0.6) is 0 Å². The third kappa shape index (κ3) is 2.57. The number of carbonyl (C=O) groups excluding carboxylic acids is 1. The molecule has 0 heterocycles. The summed E-state index contributed by atoms with van der Waals surface area (Å²) < 4.78 is 0. The van der Waals surface area contributed by atoms with Gasteiger partial charge < -0.3 is 15.0 Å². The van der Waals surface area contributed by atoms with E-state index >= 15 is 0 Å². The van der Waals surface area contributed by atoms with Crippen LogP contribution in [-0.2, 0) is 4.79 Å². The fourth-order valence-electron chi connectivity index (χ4n) is 11.2. The Labute approximate surface area is 208 Å². The zero-order chi connectivity index (χ0) is 25.1. The van der Waals surface area contributed by atoms with Gasteiger partial charge >= 0.3 is 0 Å². The van der Waals surface area contributed by atoms with Gasteiger partial charge in [0.15, 0.2) is 0 Å². The second kappa shape index (κ2) is 7.14. The molecule has 3 heteroatoms. The van der Waals surface area contributed by atoms with E-state index < -0.39 is 11.4 Å². The SMILES string of the molecule is C[C@H]1[C@H](C)CC[C@]2(C(=O)[O-])CC[C@]3(C)C(=CC[C@@]4(C)[C@@]3(C)CC[C@H]3C(C)(C)[C@@H](O)CC[C@@]34C)[C@H]12. The van der Waals surface area contributed by atoms with Gasteiger partial charge in [-0.1, -0.05) is 67.0 Å². The van der Waals surface area contributed by atoms with E-state index in [1.54, 1.807) is 0 Å². The fourth-order valence-corrected chi connectivity index (χ4v) is 11.2. The Balaban J connectivity index is 1.66. The standard InChI is InChI=1S/C31H50O3/c1-19-9-16-31(25(33)34)18-17-27(5)21(24(31)20(19)2)10-14-30(8)28(6)13-12-23(32)26(3,4)22(28)11-15-29(27,30)7/h10,19-20,22-24,32H,9,11-18H2,1-8H3,(H,33,34)/p-1/t19-,20+,22+,23+,24+,27-,28+,29+,30-,31+/m1/s1. The molecular weight excluding hydrogens is 420 g/mol. The lowest BCUT2D eigenvalue weighted by molar-refractivity contribution is -0.328. The van der Waals surface area contributed by atoms with Gasteiger partial charge in [0.05, 0.1) is 6.10 Å². The maximum absolute atomic E-state index is 12.7. The molecule has 5 aliphatic rings. The molecule has 34 heavy (non-hydrogen) atoms. The van der Waals surface area contributed by atoms with Crippen molar-refractivity contribution in [3.05, 3.63) is 11.6 Å². The number of carbonyl (C=O) groups is 1. The van der Waals surface area contributed by atoms with Gasteiger partial charge in [0.25, 0.3) is 0 Å². The van der Waals surface area contributed by atoms with E-state index in [9.17, 15) is 15.0 Å². The second-order valence-corrected chi connectivity index (χ2v) is 15.0. The van der Waals surface area contributed by atoms with E-state index in [4.69, 9.17) is 0 Å². The molecule has 0 unspecified atom stereocenters. The summed E-state index contributed by atoms with van der Waals surface area (Å²) in [6.45, 7) is 19.4. The molecule has 0 aromatic carbocycles. The maximum atomic E-state index is 12.7. The number of aliphatic hydroxyl groups is 1. The van der Waals surface area contributed by atoms with Crippen LogP contribution < -0.4 is 5.11 Å². The van der Waals surface area contributed by atoms with Gasteiger partial charge in [0.2, 0.25) is 0 Å². The van der Waals surface area contributed by atoms with Gasteiger partial charge in [0, 0.05) is 11.4 Å². The van der Waals surface area contributed by atoms with Crippen molar-refractivity contribution in [2.45, 2.75) is 119 Å². The first kappa shape index (κ1) is 24.8. The second-order valence-electron chi connectivity index (χ2n) is 15.0. The first-order valence-corrected chi connectivity index (χ1v) is 14.2. The third-order valence-corrected chi connectivity index (χ3v) is 14.3. The first-order valence-electron chi connectivity index (χ1n) is 14.2. The summed E-state index contributed by atoms with van der Waals surface area (Å²) >= 11 is 0. The number of hydrogen-bond donors (Lipinski definition) is 1. The number of carboxylic acids is 1. The van der Waals surface area contributed by atoms with Crippen LogP contribution in [0.15, 0.2) is 11.6 Å². The topological polar surface area (TPSA) is 60.4 Å². The molecule has 4 saturated carbocycles. The highest BCUT2D eigenvalue weighted by molar-refractivity contribution is 5.74. The molecule has 192 valence electrons. The molecular formula is C31H49O3-. The number of rotatable bonds is 1. The summed E-state index contributed by atoms with van der Waals surface area (Å²) in [6, 6.07) is 0. The van der Waals surface area contributed by atoms with E-state index in [0.717, 1.165) is 51.4 Å². The van der Waals surface area contributed by atoms with Gasteiger partial charge in [-0.2, -0.15) is 0 Å². The summed E-state index contributed by atoms with van der Waals surface area (Å²) in [5, 5.41) is 23.7. The van der Waals surface area contributed by atoms with Crippen LogP contribution in [0.2, 0.25) is 0 Å². The summed E-state index contributed by atoms with van der Waals surface area (Å²) in [5.74, 6) is 0.754. The van der Waals surface area contributed by atoms with Gasteiger partial charge in [-0.05, 0) is 109 Å². The fraction of sp³-hybridized carbons (Fsp3) is 0.903. The van der Waals surface area contributed by atoms with Crippen LogP contribution in [0.25, 0.3) is 0 Å². The minimum Gasteiger partial charge on any atom is -0.550 e. The molecule has 0 saturated heterocycles. The predicted octanol–water partition coefficient (Wildman–Crippen LogP) is 6.14. The lowest BCUT2D eigenvalue weighted by Crippen LogP contribution is -2.70. The molecule has 0 aromatic heterocycles. The third-order valence-electron chi connectivity index (χ3n) is 14.3. The van der Waals surface area contributed by atoms with Crippen LogP contribution >= 0.6 is 0 Å². The zero-order valence-electron chi connectivity index (χ0n) is 23.1. The Morgan fingerprint density at radius 3 is 2.24 bits per heavy atom. The van der Waals surface area contributed by atoms with Crippen molar-refractivity contribution in [2.24, 2.45) is 56.2 Å². The molecule has 0 aliphatic heterocycles. The molecule has 0 spiro atoms. The van der Waals surface area contributed by atoms with Crippen molar-refractivity contribution in [2.75, 3.05) is 0 Å². The molecule has 1 N–H and O–H groups in total.